The smallest absolute Gasteiger partial charge is 0.164 e. The van der Waals surface area contributed by atoms with Gasteiger partial charge in [-0.3, -0.25) is 4.79 Å². The van der Waals surface area contributed by atoms with E-state index in [2.05, 4.69) is 20.8 Å². The summed E-state index contributed by atoms with van der Waals surface area (Å²) < 4.78 is 0. The molecule has 0 amide bonds. The Balaban J connectivity index is 2.01. The minimum absolute atomic E-state index is 0.00350. The molecule has 0 aliphatic carbocycles. The van der Waals surface area contributed by atoms with Gasteiger partial charge in [0, 0.05) is 22.8 Å². The molecule has 2 aromatic carbocycles. The summed E-state index contributed by atoms with van der Waals surface area (Å²) in [5, 5.41) is 11.2. The topological polar surface area (TPSA) is 57.2 Å². The summed E-state index contributed by atoms with van der Waals surface area (Å²) in [4.78, 5) is 23.9. The Hall–Kier alpha value is -1.78. The molecule has 0 aromatic heterocycles. The first kappa shape index (κ1) is 20.5. The van der Waals surface area contributed by atoms with Crippen LogP contribution >= 0.6 is 23.4 Å². The maximum atomic E-state index is 12.5. The van der Waals surface area contributed by atoms with Crippen molar-refractivity contribution in [1.29, 1.82) is 0 Å². The molecule has 2 rings (SSSR count). The highest BCUT2D eigenvalue weighted by molar-refractivity contribution is 7.99. The number of carbonyl (C=O) groups is 2. The molecule has 0 saturated heterocycles. The van der Waals surface area contributed by atoms with Crippen molar-refractivity contribution in [2.24, 2.45) is 0 Å². The van der Waals surface area contributed by atoms with E-state index in [0.717, 1.165) is 11.1 Å². The molecule has 0 heterocycles. The maximum Gasteiger partial charge on any atom is 0.164 e. The molecule has 5 heteroatoms. The van der Waals surface area contributed by atoms with Gasteiger partial charge in [-0.25, -0.2) is 0 Å². The van der Waals surface area contributed by atoms with Crippen LogP contribution in [0.15, 0.2) is 48.5 Å². The normalized spacial score (nSPS) is 12.6. The van der Waals surface area contributed by atoms with Crippen LogP contribution in [0.5, 0.6) is 0 Å². The lowest BCUT2D eigenvalue weighted by Crippen LogP contribution is -2.35. The number of hydrogen-bond donors (Lipinski definition) is 0. The van der Waals surface area contributed by atoms with Crippen molar-refractivity contribution in [3.05, 3.63) is 70.2 Å². The van der Waals surface area contributed by atoms with E-state index < -0.39 is 11.2 Å². The second-order valence-corrected chi connectivity index (χ2v) is 8.83. The Labute approximate surface area is 163 Å². The van der Waals surface area contributed by atoms with E-state index in [9.17, 15) is 14.7 Å². The third kappa shape index (κ3) is 5.89. The summed E-state index contributed by atoms with van der Waals surface area (Å²) in [5.41, 5.74) is 2.61. The number of halogens is 1. The van der Waals surface area contributed by atoms with Crippen molar-refractivity contribution < 1.29 is 14.7 Å². The summed E-state index contributed by atoms with van der Waals surface area (Å²) >= 11 is 7.04. The average Bonchev–Trinajstić information content (AvgIpc) is 2.59. The molecular weight excluding hydrogens is 368 g/mol. The Morgan fingerprint density at radius 2 is 1.62 bits per heavy atom. The molecule has 0 N–H and O–H groups in total. The van der Waals surface area contributed by atoms with E-state index in [1.807, 2.05) is 24.3 Å². The fourth-order valence-corrected chi connectivity index (χ4v) is 3.55. The largest absolute Gasteiger partial charge is 0.549 e. The van der Waals surface area contributed by atoms with Crippen molar-refractivity contribution in [3.8, 4) is 0 Å². The van der Waals surface area contributed by atoms with Gasteiger partial charge in [0.05, 0.1) is 11.2 Å². The number of ketones is 1. The molecule has 138 valence electrons. The van der Waals surface area contributed by atoms with Crippen LogP contribution in [0, 0.1) is 0 Å². The highest BCUT2D eigenvalue weighted by atomic mass is 35.5. The summed E-state index contributed by atoms with van der Waals surface area (Å²) in [6.07, 6.45) is -0.0878. The molecule has 26 heavy (non-hydrogen) atoms. The zero-order valence-corrected chi connectivity index (χ0v) is 16.7. The predicted octanol–water partition coefficient (Wildman–Crippen LogP) is 4.26. The van der Waals surface area contributed by atoms with Gasteiger partial charge in [-0.1, -0.05) is 68.8 Å². The lowest BCUT2D eigenvalue weighted by Gasteiger charge is -2.20. The Bertz CT molecular complexity index is 761. The summed E-state index contributed by atoms with van der Waals surface area (Å²) in [6.45, 7) is 6.30. The second-order valence-electron chi connectivity index (χ2n) is 7.20. The molecule has 0 fully saturated rings. The molecule has 1 atom stereocenters. The SMILES string of the molecule is CC(C)(C)c1ccc(C(=O)C[C@@H](SCc2ccc(Cl)cc2)C(=O)[O-])cc1. The molecule has 0 aliphatic rings. The Morgan fingerprint density at radius 1 is 1.04 bits per heavy atom. The van der Waals surface area contributed by atoms with Crippen molar-refractivity contribution in [2.45, 2.75) is 43.6 Å². The molecule has 0 saturated carbocycles. The van der Waals surface area contributed by atoms with Crippen molar-refractivity contribution in [2.75, 3.05) is 0 Å². The fraction of sp³-hybridized carbons (Fsp3) is 0.333. The highest BCUT2D eigenvalue weighted by Crippen LogP contribution is 2.25. The third-order valence-electron chi connectivity index (χ3n) is 4.07. The van der Waals surface area contributed by atoms with Crippen LogP contribution in [-0.2, 0) is 16.0 Å². The first-order valence-electron chi connectivity index (χ1n) is 8.37. The van der Waals surface area contributed by atoms with E-state index in [-0.39, 0.29) is 17.6 Å². The molecule has 0 spiro atoms. The number of thioether (sulfide) groups is 1. The van der Waals surface area contributed by atoms with E-state index in [1.54, 1.807) is 24.3 Å². The van der Waals surface area contributed by atoms with Crippen LogP contribution in [0.4, 0.5) is 0 Å². The van der Waals surface area contributed by atoms with E-state index in [0.29, 0.717) is 16.3 Å². The molecular formula is C21H22ClO3S-. The van der Waals surface area contributed by atoms with Crippen LogP contribution in [0.2, 0.25) is 5.02 Å². The van der Waals surface area contributed by atoms with E-state index in [4.69, 9.17) is 11.6 Å². The van der Waals surface area contributed by atoms with Crippen molar-refractivity contribution >= 4 is 35.1 Å². The molecule has 2 aromatic rings. The minimum Gasteiger partial charge on any atom is -0.549 e. The number of Topliss-reactive ketones (excluding diaryl/α,β-unsaturated/α-hetero) is 1. The number of carbonyl (C=O) groups excluding carboxylic acids is 2. The van der Waals surface area contributed by atoms with Crippen LogP contribution in [-0.4, -0.2) is 17.0 Å². The lowest BCUT2D eigenvalue weighted by molar-refractivity contribution is -0.304. The average molecular weight is 390 g/mol. The Kier molecular flexibility index (Phi) is 6.90. The van der Waals surface area contributed by atoms with Gasteiger partial charge in [0.25, 0.3) is 0 Å². The van der Waals surface area contributed by atoms with Gasteiger partial charge in [0.1, 0.15) is 0 Å². The summed E-state index contributed by atoms with van der Waals surface area (Å²) in [5.74, 6) is -0.932. The minimum atomic E-state index is -1.22. The fourth-order valence-electron chi connectivity index (χ4n) is 2.43. The second kappa shape index (κ2) is 8.74. The number of aliphatic carboxylic acids is 1. The van der Waals surface area contributed by atoms with Gasteiger partial charge >= 0.3 is 0 Å². The standard InChI is InChI=1S/C21H23ClO3S/c1-21(2,3)16-8-6-15(7-9-16)18(23)12-19(20(24)25)26-13-14-4-10-17(22)11-5-14/h4-11,19H,12-13H2,1-3H3,(H,24,25)/p-1/t19-/m1/s1. The third-order valence-corrected chi connectivity index (χ3v) is 5.58. The van der Waals surface area contributed by atoms with Gasteiger partial charge in [0.2, 0.25) is 0 Å². The lowest BCUT2D eigenvalue weighted by atomic mass is 9.86. The van der Waals surface area contributed by atoms with Crippen LogP contribution < -0.4 is 5.11 Å². The van der Waals surface area contributed by atoms with Crippen molar-refractivity contribution in [3.63, 3.8) is 0 Å². The zero-order chi connectivity index (χ0) is 19.3. The van der Waals surface area contributed by atoms with E-state index >= 15 is 0 Å². The monoisotopic (exact) mass is 389 g/mol. The van der Waals surface area contributed by atoms with Crippen LogP contribution in [0.25, 0.3) is 0 Å². The zero-order valence-electron chi connectivity index (χ0n) is 15.1. The quantitative estimate of drug-likeness (QED) is 0.664. The first-order valence-corrected chi connectivity index (χ1v) is 9.80. The number of hydrogen-bond acceptors (Lipinski definition) is 4. The van der Waals surface area contributed by atoms with Gasteiger partial charge in [-0.05, 0) is 28.7 Å². The molecule has 3 nitrogen and oxygen atoms in total. The predicted molar refractivity (Wildman–Crippen MR) is 106 cm³/mol. The molecule has 0 aliphatic heterocycles. The number of carboxylic acid groups (broad SMARTS) is 1. The van der Waals surface area contributed by atoms with Crippen LogP contribution in [0.3, 0.4) is 0 Å². The summed E-state index contributed by atoms with van der Waals surface area (Å²) in [7, 11) is 0. The summed E-state index contributed by atoms with van der Waals surface area (Å²) in [6, 6.07) is 14.6. The van der Waals surface area contributed by atoms with Crippen LogP contribution in [0.1, 0.15) is 48.7 Å². The molecule has 0 unspecified atom stereocenters. The van der Waals surface area contributed by atoms with Gasteiger partial charge in [-0.15, -0.1) is 11.8 Å². The van der Waals surface area contributed by atoms with Gasteiger partial charge < -0.3 is 9.90 Å². The number of rotatable bonds is 7. The first-order chi connectivity index (χ1) is 12.2. The molecule has 0 radical (unpaired) electrons. The molecule has 0 bridgehead atoms. The van der Waals surface area contributed by atoms with Gasteiger partial charge in [-0.2, -0.15) is 0 Å². The number of benzene rings is 2. The Morgan fingerprint density at radius 3 is 2.12 bits per heavy atom. The van der Waals surface area contributed by atoms with E-state index in [1.165, 1.54) is 11.8 Å². The van der Waals surface area contributed by atoms with Gasteiger partial charge in [0.15, 0.2) is 5.78 Å². The maximum absolute atomic E-state index is 12.5. The highest BCUT2D eigenvalue weighted by Gasteiger charge is 2.19. The number of carboxylic acids is 1. The van der Waals surface area contributed by atoms with Crippen molar-refractivity contribution in [1.82, 2.24) is 0 Å².